The number of ether oxygens (including phenoxy) is 2. The second-order valence-electron chi connectivity index (χ2n) is 6.91. The molecule has 2 amide bonds. The molecule has 1 heterocycles. The quantitative estimate of drug-likeness (QED) is 0.672. The molecule has 0 saturated heterocycles. The number of hydrogen-bond acceptors (Lipinski definition) is 4. The fourth-order valence-electron chi connectivity index (χ4n) is 3.06. The number of rotatable bonds is 9. The topological polar surface area (TPSA) is 67.9 Å². The lowest BCUT2D eigenvalue weighted by Crippen LogP contribution is -2.54. The number of para-hydroxylation sites is 2. The first-order chi connectivity index (χ1) is 13.0. The summed E-state index contributed by atoms with van der Waals surface area (Å²) in [6.07, 6.45) is 2.35. The highest BCUT2D eigenvalue weighted by Crippen LogP contribution is 2.33. The van der Waals surface area contributed by atoms with E-state index in [-0.39, 0.29) is 24.4 Å². The molecule has 150 valence electrons. The molecule has 1 aromatic carbocycles. The molecule has 2 unspecified atom stereocenters. The summed E-state index contributed by atoms with van der Waals surface area (Å²) in [7, 11) is 0. The van der Waals surface area contributed by atoms with E-state index in [1.54, 1.807) is 17.9 Å². The Morgan fingerprint density at radius 1 is 1.26 bits per heavy atom. The number of nitrogens with one attached hydrogen (secondary N) is 1. The number of nitrogens with zero attached hydrogens (tertiary/aromatic N) is 1. The Morgan fingerprint density at radius 2 is 1.96 bits per heavy atom. The van der Waals surface area contributed by atoms with Gasteiger partial charge in [-0.2, -0.15) is 0 Å². The van der Waals surface area contributed by atoms with Crippen LogP contribution in [0.4, 0.5) is 5.69 Å². The second-order valence-corrected chi connectivity index (χ2v) is 6.91. The van der Waals surface area contributed by atoms with Crippen LogP contribution in [0.2, 0.25) is 0 Å². The summed E-state index contributed by atoms with van der Waals surface area (Å²) < 4.78 is 11.6. The van der Waals surface area contributed by atoms with E-state index in [1.165, 1.54) is 0 Å². The predicted molar refractivity (Wildman–Crippen MR) is 106 cm³/mol. The average molecular weight is 376 g/mol. The van der Waals surface area contributed by atoms with Crippen LogP contribution < -0.4 is 15.0 Å². The minimum absolute atomic E-state index is 0.110. The number of anilines is 1. The maximum atomic E-state index is 13.0. The molecule has 1 aliphatic rings. The lowest BCUT2D eigenvalue weighted by atomic mass is 10.1. The maximum Gasteiger partial charge on any atom is 0.263 e. The fourth-order valence-corrected chi connectivity index (χ4v) is 3.06. The first-order valence-electron chi connectivity index (χ1n) is 10.0. The van der Waals surface area contributed by atoms with Crippen LogP contribution in [0.15, 0.2) is 24.3 Å². The highest BCUT2D eigenvalue weighted by Gasteiger charge is 2.35. The van der Waals surface area contributed by atoms with Gasteiger partial charge in [0.25, 0.3) is 11.8 Å². The van der Waals surface area contributed by atoms with E-state index in [0.717, 1.165) is 25.7 Å². The zero-order chi connectivity index (χ0) is 19.8. The van der Waals surface area contributed by atoms with E-state index in [0.29, 0.717) is 18.0 Å². The standard InChI is InChI=1S/C21H32N2O4/c1-5-8-13-26-15(4)21(25)23-14-19(20(24)22-16(6-2)7-3)27-18-12-10-9-11-17(18)23/h9-12,15-16,19H,5-8,13-14H2,1-4H3,(H,22,24). The van der Waals surface area contributed by atoms with Gasteiger partial charge in [0.15, 0.2) is 6.10 Å². The molecule has 0 bridgehead atoms. The Kier molecular flexibility index (Phi) is 8.10. The Labute approximate surface area is 162 Å². The average Bonchev–Trinajstić information content (AvgIpc) is 2.70. The van der Waals surface area contributed by atoms with Gasteiger partial charge < -0.3 is 19.7 Å². The lowest BCUT2D eigenvalue weighted by Gasteiger charge is -2.35. The number of amides is 2. The van der Waals surface area contributed by atoms with Gasteiger partial charge in [-0.05, 0) is 38.3 Å². The van der Waals surface area contributed by atoms with Gasteiger partial charge in [0.05, 0.1) is 12.2 Å². The predicted octanol–water partition coefficient (Wildman–Crippen LogP) is 3.29. The van der Waals surface area contributed by atoms with Crippen molar-refractivity contribution in [2.24, 2.45) is 0 Å². The molecule has 1 aliphatic heterocycles. The first kappa shape index (κ1) is 21.2. The molecule has 2 atom stereocenters. The maximum absolute atomic E-state index is 13.0. The van der Waals surface area contributed by atoms with E-state index in [2.05, 4.69) is 12.2 Å². The van der Waals surface area contributed by atoms with Crippen LogP contribution in [0.1, 0.15) is 53.4 Å². The summed E-state index contributed by atoms with van der Waals surface area (Å²) in [5, 5.41) is 3.01. The van der Waals surface area contributed by atoms with Crippen LogP contribution in [0.5, 0.6) is 5.75 Å². The van der Waals surface area contributed by atoms with E-state index in [9.17, 15) is 9.59 Å². The van der Waals surface area contributed by atoms with Gasteiger partial charge in [-0.25, -0.2) is 0 Å². The molecule has 2 rings (SSSR count). The van der Waals surface area contributed by atoms with Gasteiger partial charge in [0, 0.05) is 12.6 Å². The van der Waals surface area contributed by atoms with Crippen molar-refractivity contribution in [3.63, 3.8) is 0 Å². The van der Waals surface area contributed by atoms with Crippen molar-refractivity contribution in [2.45, 2.75) is 71.6 Å². The summed E-state index contributed by atoms with van der Waals surface area (Å²) in [5.41, 5.74) is 0.681. The SMILES string of the molecule is CCCCOC(C)C(=O)N1CC(C(=O)NC(CC)CC)Oc2ccccc21. The third-order valence-electron chi connectivity index (χ3n) is 4.88. The third kappa shape index (κ3) is 5.45. The summed E-state index contributed by atoms with van der Waals surface area (Å²) >= 11 is 0. The minimum atomic E-state index is -0.729. The highest BCUT2D eigenvalue weighted by atomic mass is 16.5. The number of fused-ring (bicyclic) bond motifs is 1. The monoisotopic (exact) mass is 376 g/mol. The van der Waals surface area contributed by atoms with Crippen molar-refractivity contribution in [1.82, 2.24) is 5.32 Å². The molecular formula is C21H32N2O4. The molecule has 0 spiro atoms. The lowest BCUT2D eigenvalue weighted by molar-refractivity contribution is -0.131. The van der Waals surface area contributed by atoms with E-state index < -0.39 is 12.2 Å². The van der Waals surface area contributed by atoms with Crippen molar-refractivity contribution in [3.05, 3.63) is 24.3 Å². The summed E-state index contributed by atoms with van der Waals surface area (Å²) in [4.78, 5) is 27.3. The Morgan fingerprint density at radius 3 is 2.63 bits per heavy atom. The van der Waals surface area contributed by atoms with Gasteiger partial charge in [-0.15, -0.1) is 0 Å². The third-order valence-corrected chi connectivity index (χ3v) is 4.88. The summed E-state index contributed by atoms with van der Waals surface area (Å²) in [6.45, 7) is 8.65. The normalized spacial score (nSPS) is 17.2. The first-order valence-corrected chi connectivity index (χ1v) is 10.0. The molecule has 1 aromatic rings. The molecule has 0 radical (unpaired) electrons. The van der Waals surface area contributed by atoms with Crippen LogP contribution in [-0.4, -0.2) is 43.2 Å². The summed E-state index contributed by atoms with van der Waals surface area (Å²) in [6, 6.07) is 7.42. The van der Waals surface area contributed by atoms with E-state index in [4.69, 9.17) is 9.47 Å². The zero-order valence-corrected chi connectivity index (χ0v) is 16.9. The highest BCUT2D eigenvalue weighted by molar-refractivity contribution is 5.99. The molecule has 0 aromatic heterocycles. The molecule has 1 N–H and O–H groups in total. The molecule has 6 nitrogen and oxygen atoms in total. The Hall–Kier alpha value is -2.08. The van der Waals surface area contributed by atoms with Gasteiger partial charge in [0.1, 0.15) is 11.9 Å². The van der Waals surface area contributed by atoms with Crippen LogP contribution in [0, 0.1) is 0 Å². The minimum Gasteiger partial charge on any atom is -0.477 e. The number of hydrogen-bond donors (Lipinski definition) is 1. The van der Waals surface area contributed by atoms with Crippen LogP contribution in [-0.2, 0) is 14.3 Å². The van der Waals surface area contributed by atoms with Gasteiger partial charge in [0.2, 0.25) is 0 Å². The number of benzene rings is 1. The smallest absolute Gasteiger partial charge is 0.263 e. The fraction of sp³-hybridized carbons (Fsp3) is 0.619. The number of carbonyl (C=O) groups is 2. The number of carbonyl (C=O) groups excluding carboxylic acids is 2. The molecular weight excluding hydrogens is 344 g/mol. The summed E-state index contributed by atoms with van der Waals surface area (Å²) in [5.74, 6) is 0.209. The van der Waals surface area contributed by atoms with Gasteiger partial charge >= 0.3 is 0 Å². The van der Waals surface area contributed by atoms with Crippen LogP contribution in [0.25, 0.3) is 0 Å². The molecule has 6 heteroatoms. The van der Waals surface area contributed by atoms with Crippen LogP contribution >= 0.6 is 0 Å². The molecule has 27 heavy (non-hydrogen) atoms. The molecule has 0 aliphatic carbocycles. The van der Waals surface area contributed by atoms with Crippen molar-refractivity contribution >= 4 is 17.5 Å². The van der Waals surface area contributed by atoms with Crippen molar-refractivity contribution in [2.75, 3.05) is 18.1 Å². The Balaban J connectivity index is 2.15. The van der Waals surface area contributed by atoms with Crippen LogP contribution in [0.3, 0.4) is 0 Å². The second kappa shape index (κ2) is 10.3. The van der Waals surface area contributed by atoms with E-state index in [1.807, 2.05) is 32.0 Å². The van der Waals surface area contributed by atoms with Crippen molar-refractivity contribution < 1.29 is 19.1 Å². The number of unbranched alkanes of at least 4 members (excludes halogenated alkanes) is 1. The molecule has 0 fully saturated rings. The van der Waals surface area contributed by atoms with E-state index >= 15 is 0 Å². The van der Waals surface area contributed by atoms with Crippen molar-refractivity contribution in [3.8, 4) is 5.75 Å². The van der Waals surface area contributed by atoms with Crippen molar-refractivity contribution in [1.29, 1.82) is 0 Å². The molecule has 0 saturated carbocycles. The van der Waals surface area contributed by atoms with Gasteiger partial charge in [-0.3, -0.25) is 9.59 Å². The van der Waals surface area contributed by atoms with Gasteiger partial charge in [-0.1, -0.05) is 39.3 Å². The Bertz CT molecular complexity index is 630. The zero-order valence-electron chi connectivity index (χ0n) is 16.9. The largest absolute Gasteiger partial charge is 0.477 e.